The van der Waals surface area contributed by atoms with Crippen LogP contribution in [-0.4, -0.2) is 31.6 Å². The third-order valence-corrected chi connectivity index (χ3v) is 7.53. The number of hydrogen-bond donors (Lipinski definition) is 0. The van der Waals surface area contributed by atoms with Crippen LogP contribution in [0.15, 0.2) is 76.5 Å². The first kappa shape index (κ1) is 24.8. The van der Waals surface area contributed by atoms with Crippen molar-refractivity contribution in [2.75, 3.05) is 7.11 Å². The number of nitrogens with zero attached hydrogens (tertiary/aromatic N) is 1. The van der Waals surface area contributed by atoms with Gasteiger partial charge in [0.2, 0.25) is 0 Å². The van der Waals surface area contributed by atoms with Crippen LogP contribution in [0.1, 0.15) is 16.7 Å². The summed E-state index contributed by atoms with van der Waals surface area (Å²) in [6.45, 7) is 2.12. The molecule has 1 aliphatic heterocycles. The average molecular weight is 530 g/mol. The second-order valence-electron chi connectivity index (χ2n) is 7.66. The van der Waals surface area contributed by atoms with Gasteiger partial charge in [0.05, 0.1) is 18.6 Å². The van der Waals surface area contributed by atoms with Gasteiger partial charge in [-0.05, 0) is 72.3 Å². The first-order valence-electron chi connectivity index (χ1n) is 10.4. The van der Waals surface area contributed by atoms with Crippen LogP contribution in [0, 0.1) is 6.92 Å². The molecule has 0 saturated carbocycles. The van der Waals surface area contributed by atoms with Gasteiger partial charge in [0, 0.05) is 5.02 Å². The van der Waals surface area contributed by atoms with E-state index in [1.165, 1.54) is 54.5 Å². The molecule has 3 aromatic rings. The number of ether oxygens (including phenoxy) is 1. The van der Waals surface area contributed by atoms with Crippen LogP contribution in [0.3, 0.4) is 0 Å². The fourth-order valence-corrected chi connectivity index (χ4v) is 5.18. The highest BCUT2D eigenvalue weighted by Crippen LogP contribution is 2.36. The zero-order valence-electron chi connectivity index (χ0n) is 18.7. The van der Waals surface area contributed by atoms with Gasteiger partial charge in [0.15, 0.2) is 11.5 Å². The predicted molar refractivity (Wildman–Crippen MR) is 135 cm³/mol. The topological polar surface area (TPSA) is 90.0 Å². The molecule has 1 aliphatic rings. The molecular weight excluding hydrogens is 510 g/mol. The number of halogens is 1. The van der Waals surface area contributed by atoms with Crippen molar-refractivity contribution < 1.29 is 26.9 Å². The largest absolute Gasteiger partial charge is 0.493 e. The number of methoxy groups -OCH3 is 1. The predicted octanol–water partition coefficient (Wildman–Crippen LogP) is 5.66. The van der Waals surface area contributed by atoms with Crippen LogP contribution in [-0.2, 0) is 21.5 Å². The monoisotopic (exact) mass is 529 g/mol. The lowest BCUT2D eigenvalue weighted by Crippen LogP contribution is -2.27. The molecule has 0 aliphatic carbocycles. The van der Waals surface area contributed by atoms with Gasteiger partial charge in [-0.25, -0.2) is 0 Å². The minimum atomic E-state index is -4.17. The number of thioether (sulfide) groups is 1. The van der Waals surface area contributed by atoms with Gasteiger partial charge in [-0.15, -0.1) is 0 Å². The van der Waals surface area contributed by atoms with E-state index in [9.17, 15) is 18.0 Å². The number of rotatable bonds is 7. The third kappa shape index (κ3) is 5.70. The van der Waals surface area contributed by atoms with E-state index in [-0.39, 0.29) is 33.1 Å². The van der Waals surface area contributed by atoms with Crippen molar-refractivity contribution >= 4 is 50.7 Å². The second kappa shape index (κ2) is 10.2. The maximum Gasteiger partial charge on any atom is 0.339 e. The number of benzene rings is 3. The first-order valence-corrected chi connectivity index (χ1v) is 13.0. The number of hydrogen-bond acceptors (Lipinski definition) is 7. The highest BCUT2D eigenvalue weighted by Gasteiger charge is 2.35. The Balaban J connectivity index is 1.58. The summed E-state index contributed by atoms with van der Waals surface area (Å²) < 4.78 is 36.0. The Hall–Kier alpha value is -3.27. The zero-order valence-corrected chi connectivity index (χ0v) is 21.1. The smallest absolute Gasteiger partial charge is 0.339 e. The van der Waals surface area contributed by atoms with E-state index in [0.717, 1.165) is 22.9 Å². The molecule has 0 spiro atoms. The second-order valence-corrected chi connectivity index (χ2v) is 10.6. The highest BCUT2D eigenvalue weighted by molar-refractivity contribution is 8.18. The molecule has 180 valence electrons. The molecule has 2 amide bonds. The summed E-state index contributed by atoms with van der Waals surface area (Å²) in [4.78, 5) is 26.7. The van der Waals surface area contributed by atoms with E-state index in [2.05, 4.69) is 0 Å². The van der Waals surface area contributed by atoms with Gasteiger partial charge in [0.1, 0.15) is 4.90 Å². The summed E-state index contributed by atoms with van der Waals surface area (Å²) in [5.41, 5.74) is 2.39. The van der Waals surface area contributed by atoms with E-state index in [4.69, 9.17) is 20.5 Å². The lowest BCUT2D eigenvalue weighted by Gasteiger charge is -2.13. The Morgan fingerprint density at radius 1 is 0.971 bits per heavy atom. The summed E-state index contributed by atoms with van der Waals surface area (Å²) in [6, 6.07) is 17.7. The SMILES string of the molecule is COc1ccc(/C=C2\SC(=O)N(Cc3ccc(C)cc3)C2=O)cc1OS(=O)(=O)c1ccc(Cl)cc1. The van der Waals surface area contributed by atoms with E-state index < -0.39 is 16.0 Å². The lowest BCUT2D eigenvalue weighted by atomic mass is 10.1. The fourth-order valence-electron chi connectivity index (χ4n) is 3.28. The molecule has 0 atom stereocenters. The van der Waals surface area contributed by atoms with Crippen molar-refractivity contribution in [3.8, 4) is 11.5 Å². The number of aryl methyl sites for hydroxylation is 1. The maximum atomic E-state index is 12.9. The van der Waals surface area contributed by atoms with Crippen LogP contribution in [0.2, 0.25) is 5.02 Å². The normalized spacial score (nSPS) is 15.1. The molecule has 1 heterocycles. The number of amides is 2. The molecule has 0 radical (unpaired) electrons. The Kier molecular flexibility index (Phi) is 7.20. The van der Waals surface area contributed by atoms with Crippen molar-refractivity contribution in [1.82, 2.24) is 4.90 Å². The molecule has 0 N–H and O–H groups in total. The van der Waals surface area contributed by atoms with E-state index >= 15 is 0 Å². The molecule has 1 fully saturated rings. The van der Waals surface area contributed by atoms with Crippen molar-refractivity contribution in [2.45, 2.75) is 18.4 Å². The van der Waals surface area contributed by atoms with Gasteiger partial charge in [-0.3, -0.25) is 14.5 Å². The van der Waals surface area contributed by atoms with Gasteiger partial charge in [-0.1, -0.05) is 47.5 Å². The summed E-state index contributed by atoms with van der Waals surface area (Å²) in [7, 11) is -2.78. The van der Waals surface area contributed by atoms with Crippen molar-refractivity contribution in [1.29, 1.82) is 0 Å². The lowest BCUT2D eigenvalue weighted by molar-refractivity contribution is -0.123. The van der Waals surface area contributed by atoms with Crippen LogP contribution < -0.4 is 8.92 Å². The molecule has 4 rings (SSSR count). The van der Waals surface area contributed by atoms with Crippen molar-refractivity contribution in [3.05, 3.63) is 93.3 Å². The molecule has 0 aromatic heterocycles. The molecule has 10 heteroatoms. The van der Waals surface area contributed by atoms with E-state index in [0.29, 0.717) is 10.6 Å². The van der Waals surface area contributed by atoms with Crippen LogP contribution in [0.5, 0.6) is 11.5 Å². The molecule has 1 saturated heterocycles. The van der Waals surface area contributed by atoms with Gasteiger partial charge < -0.3 is 8.92 Å². The average Bonchev–Trinajstić information content (AvgIpc) is 3.08. The summed E-state index contributed by atoms with van der Waals surface area (Å²) in [5, 5.41) is 0.0111. The van der Waals surface area contributed by atoms with Gasteiger partial charge in [0.25, 0.3) is 11.1 Å². The maximum absolute atomic E-state index is 12.9. The van der Waals surface area contributed by atoms with Crippen molar-refractivity contribution in [3.63, 3.8) is 0 Å². The van der Waals surface area contributed by atoms with Gasteiger partial charge in [-0.2, -0.15) is 8.42 Å². The summed E-state index contributed by atoms with van der Waals surface area (Å²) >= 11 is 6.66. The number of carbonyl (C=O) groups excluding carboxylic acids is 2. The Morgan fingerprint density at radius 2 is 1.66 bits per heavy atom. The summed E-state index contributed by atoms with van der Waals surface area (Å²) in [5.74, 6) is -0.296. The van der Waals surface area contributed by atoms with Crippen molar-refractivity contribution in [2.24, 2.45) is 0 Å². The zero-order chi connectivity index (χ0) is 25.2. The van der Waals surface area contributed by atoms with Gasteiger partial charge >= 0.3 is 10.1 Å². The van der Waals surface area contributed by atoms with E-state index in [1.54, 1.807) is 6.07 Å². The number of carbonyl (C=O) groups is 2. The Labute approximate surface area is 212 Å². The highest BCUT2D eigenvalue weighted by atomic mass is 35.5. The molecule has 0 bridgehead atoms. The molecule has 7 nitrogen and oxygen atoms in total. The molecule has 0 unspecified atom stereocenters. The fraction of sp³-hybridized carbons (Fsp3) is 0.120. The Morgan fingerprint density at radius 3 is 2.31 bits per heavy atom. The minimum Gasteiger partial charge on any atom is -0.493 e. The Bertz CT molecular complexity index is 1420. The van der Waals surface area contributed by atoms with Crippen LogP contribution in [0.25, 0.3) is 6.08 Å². The van der Waals surface area contributed by atoms with Crippen LogP contribution in [0.4, 0.5) is 4.79 Å². The standard InChI is InChI=1S/C25H20ClNO6S2/c1-16-3-5-17(6-4-16)15-27-24(28)23(34-25(27)29)14-18-7-12-21(32-2)22(13-18)33-35(30,31)20-10-8-19(26)9-11-20/h3-14H,15H2,1-2H3/b23-14-. The minimum absolute atomic E-state index is 0.0601. The molecular formula is C25H20ClNO6S2. The third-order valence-electron chi connectivity index (χ3n) is 5.12. The quantitative estimate of drug-likeness (QED) is 0.288. The van der Waals surface area contributed by atoms with Crippen LogP contribution >= 0.6 is 23.4 Å². The summed E-state index contributed by atoms with van der Waals surface area (Å²) in [6.07, 6.45) is 1.52. The molecule has 35 heavy (non-hydrogen) atoms. The number of imide groups is 1. The first-order chi connectivity index (χ1) is 16.7. The molecule has 3 aromatic carbocycles. The van der Waals surface area contributed by atoms with E-state index in [1.807, 2.05) is 31.2 Å².